The fourth-order valence-electron chi connectivity index (χ4n) is 2.87. The summed E-state index contributed by atoms with van der Waals surface area (Å²) in [6.45, 7) is 0. The summed E-state index contributed by atoms with van der Waals surface area (Å²) in [4.78, 5) is 0. The topological polar surface area (TPSA) is 0 Å². The molecule has 0 aromatic heterocycles. The summed E-state index contributed by atoms with van der Waals surface area (Å²) >= 11 is 0. The van der Waals surface area contributed by atoms with Gasteiger partial charge in [0.05, 0.1) is 0 Å². The molecule has 3 heteroatoms. The zero-order valence-electron chi connectivity index (χ0n) is 9.48. The fraction of sp³-hybridized carbons (Fsp3) is 1.00. The quantitative estimate of drug-likeness (QED) is 0.517. The number of halogens is 2. The van der Waals surface area contributed by atoms with Gasteiger partial charge in [-0.3, -0.25) is 0 Å². The SMILES string of the molecule is C1CCC([Si]C2CCCCC2)CC1.[Cl-].[Cl-]. The van der Waals surface area contributed by atoms with Gasteiger partial charge in [0.15, 0.2) is 0 Å². The van der Waals surface area contributed by atoms with Gasteiger partial charge >= 0.3 is 0 Å². The Balaban J connectivity index is 0.000000980. The van der Waals surface area contributed by atoms with Gasteiger partial charge in [-0.2, -0.15) is 0 Å². The van der Waals surface area contributed by atoms with Crippen molar-refractivity contribution in [2.45, 2.75) is 75.3 Å². The molecule has 0 atom stereocenters. The second-order valence-electron chi connectivity index (χ2n) is 4.84. The Morgan fingerprint density at radius 3 is 1.20 bits per heavy atom. The van der Waals surface area contributed by atoms with Gasteiger partial charge in [-0.25, -0.2) is 0 Å². The number of rotatable bonds is 2. The molecule has 0 unspecified atom stereocenters. The second-order valence-corrected chi connectivity index (χ2v) is 6.80. The first kappa shape index (κ1) is 15.8. The van der Waals surface area contributed by atoms with E-state index in [0.29, 0.717) is 0 Å². The zero-order chi connectivity index (χ0) is 8.93. The Bertz CT molecular complexity index is 125. The van der Waals surface area contributed by atoms with Crippen LogP contribution in [0.4, 0.5) is 0 Å². The summed E-state index contributed by atoms with van der Waals surface area (Å²) in [7, 11) is 1.33. The molecule has 2 aliphatic carbocycles. The first-order valence-electron chi connectivity index (χ1n) is 6.21. The first-order valence-corrected chi connectivity index (χ1v) is 7.37. The van der Waals surface area contributed by atoms with Crippen LogP contribution in [0.1, 0.15) is 64.2 Å². The van der Waals surface area contributed by atoms with E-state index >= 15 is 0 Å². The molecule has 0 heterocycles. The van der Waals surface area contributed by atoms with Gasteiger partial charge in [0.1, 0.15) is 0 Å². The van der Waals surface area contributed by atoms with Crippen LogP contribution in [0, 0.1) is 0 Å². The molecule has 15 heavy (non-hydrogen) atoms. The van der Waals surface area contributed by atoms with E-state index in [1.165, 1.54) is 48.0 Å². The van der Waals surface area contributed by atoms with Crippen molar-refractivity contribution < 1.29 is 24.8 Å². The molecule has 0 saturated heterocycles. The standard InChI is InChI=1S/C12H22Si.2ClH/c1-3-7-11(8-4-1)13-12-9-5-2-6-10-12;;/h11-12H,1-10H2;2*1H/p-2. The molecule has 0 amide bonds. The summed E-state index contributed by atoms with van der Waals surface area (Å²) in [5.41, 5.74) is 2.30. The van der Waals surface area contributed by atoms with Gasteiger partial charge in [0.25, 0.3) is 0 Å². The molecular weight excluding hydrogens is 243 g/mol. The maximum absolute atomic E-state index is 1.56. The normalized spacial score (nSPS) is 24.0. The summed E-state index contributed by atoms with van der Waals surface area (Å²) < 4.78 is 0. The third kappa shape index (κ3) is 5.60. The lowest BCUT2D eigenvalue weighted by Crippen LogP contribution is -3.00. The van der Waals surface area contributed by atoms with Crippen molar-refractivity contribution >= 4 is 9.52 Å². The smallest absolute Gasteiger partial charge is 0.0448 e. The zero-order valence-corrected chi connectivity index (χ0v) is 12.0. The second kappa shape index (κ2) is 8.89. The average Bonchev–Trinajstić information content (AvgIpc) is 2.21. The molecule has 2 radical (unpaired) electrons. The van der Waals surface area contributed by atoms with E-state index < -0.39 is 0 Å². The van der Waals surface area contributed by atoms with Crippen molar-refractivity contribution in [3.05, 3.63) is 0 Å². The molecule has 0 spiro atoms. The van der Waals surface area contributed by atoms with E-state index in [1.54, 1.807) is 25.7 Å². The van der Waals surface area contributed by atoms with Crippen LogP contribution in [0.15, 0.2) is 0 Å². The minimum Gasteiger partial charge on any atom is -1.00 e. The maximum Gasteiger partial charge on any atom is 0.0448 e. The van der Waals surface area contributed by atoms with Crippen LogP contribution in [0.5, 0.6) is 0 Å². The first-order chi connectivity index (χ1) is 6.45. The van der Waals surface area contributed by atoms with E-state index in [2.05, 4.69) is 0 Å². The van der Waals surface area contributed by atoms with E-state index in [9.17, 15) is 0 Å². The van der Waals surface area contributed by atoms with Crippen LogP contribution in [0.2, 0.25) is 11.1 Å². The van der Waals surface area contributed by atoms with Crippen molar-refractivity contribution in [1.82, 2.24) is 0 Å². The third-order valence-corrected chi connectivity index (χ3v) is 5.78. The lowest BCUT2D eigenvalue weighted by Gasteiger charge is -2.27. The van der Waals surface area contributed by atoms with E-state index in [1.807, 2.05) is 0 Å². The molecule has 0 N–H and O–H groups in total. The molecule has 2 fully saturated rings. The predicted molar refractivity (Wildman–Crippen MR) is 59.4 cm³/mol. The highest BCUT2D eigenvalue weighted by Crippen LogP contribution is 2.36. The number of hydrogen-bond donors (Lipinski definition) is 0. The molecular formula is C12H22Cl2Si-2. The highest BCUT2D eigenvalue weighted by atomic mass is 35.5. The van der Waals surface area contributed by atoms with Gasteiger partial charge in [-0.15, -0.1) is 0 Å². The highest BCUT2D eigenvalue weighted by Gasteiger charge is 2.21. The summed E-state index contributed by atoms with van der Waals surface area (Å²) in [6.07, 6.45) is 15.4. The van der Waals surface area contributed by atoms with E-state index in [-0.39, 0.29) is 24.8 Å². The molecule has 0 nitrogen and oxygen atoms in total. The molecule has 2 rings (SSSR count). The molecule has 0 aromatic rings. The predicted octanol–water partition coefficient (Wildman–Crippen LogP) is -1.80. The van der Waals surface area contributed by atoms with Gasteiger partial charge < -0.3 is 24.8 Å². The Morgan fingerprint density at radius 2 is 0.867 bits per heavy atom. The lowest BCUT2D eigenvalue weighted by molar-refractivity contribution is -0.001000. The molecule has 2 aliphatic rings. The Hall–Kier alpha value is 0.797. The summed E-state index contributed by atoms with van der Waals surface area (Å²) in [6, 6.07) is 0. The van der Waals surface area contributed by atoms with E-state index in [4.69, 9.17) is 0 Å². The molecule has 90 valence electrons. The van der Waals surface area contributed by atoms with Gasteiger partial charge in [0, 0.05) is 9.52 Å². The Morgan fingerprint density at radius 1 is 0.533 bits per heavy atom. The van der Waals surface area contributed by atoms with Crippen molar-refractivity contribution in [2.75, 3.05) is 0 Å². The fourth-order valence-corrected chi connectivity index (χ4v) is 5.02. The third-order valence-electron chi connectivity index (χ3n) is 3.68. The average molecular weight is 265 g/mol. The number of hydrogen-bond acceptors (Lipinski definition) is 0. The summed E-state index contributed by atoms with van der Waals surface area (Å²) in [5, 5.41) is 0. The maximum atomic E-state index is 1.56. The minimum atomic E-state index is 0. The lowest BCUT2D eigenvalue weighted by atomic mass is 9.99. The van der Waals surface area contributed by atoms with Crippen molar-refractivity contribution in [1.29, 1.82) is 0 Å². The van der Waals surface area contributed by atoms with Crippen LogP contribution in [0.25, 0.3) is 0 Å². The summed E-state index contributed by atoms with van der Waals surface area (Å²) in [5.74, 6) is 0. The molecule has 0 aliphatic heterocycles. The highest BCUT2D eigenvalue weighted by molar-refractivity contribution is 6.39. The van der Waals surface area contributed by atoms with Gasteiger partial charge in [-0.1, -0.05) is 64.2 Å². The van der Waals surface area contributed by atoms with Gasteiger partial charge in [-0.05, 0) is 11.1 Å². The van der Waals surface area contributed by atoms with Crippen molar-refractivity contribution in [2.24, 2.45) is 0 Å². The molecule has 0 aromatic carbocycles. The Kier molecular flexibility index (Phi) is 9.37. The molecule has 0 bridgehead atoms. The largest absolute Gasteiger partial charge is 1.00 e. The van der Waals surface area contributed by atoms with Crippen LogP contribution in [0.3, 0.4) is 0 Å². The van der Waals surface area contributed by atoms with Crippen LogP contribution in [-0.2, 0) is 0 Å². The van der Waals surface area contributed by atoms with Crippen molar-refractivity contribution in [3.63, 3.8) is 0 Å². The molecule has 2 saturated carbocycles. The van der Waals surface area contributed by atoms with Gasteiger partial charge in [0.2, 0.25) is 0 Å². The van der Waals surface area contributed by atoms with E-state index in [0.717, 1.165) is 11.1 Å². The van der Waals surface area contributed by atoms with Crippen molar-refractivity contribution in [3.8, 4) is 0 Å². The van der Waals surface area contributed by atoms with Crippen LogP contribution >= 0.6 is 0 Å². The van der Waals surface area contributed by atoms with Crippen LogP contribution in [-0.4, -0.2) is 9.52 Å². The Labute approximate surface area is 110 Å². The van der Waals surface area contributed by atoms with Crippen LogP contribution < -0.4 is 24.8 Å². The minimum absolute atomic E-state index is 0. The monoisotopic (exact) mass is 264 g/mol.